The van der Waals surface area contributed by atoms with Crippen LogP contribution in [0.5, 0.6) is 5.75 Å². The molecule has 132 valence electrons. The molecule has 0 fully saturated rings. The Hall–Kier alpha value is -3.61. The number of imidazole rings is 1. The van der Waals surface area contributed by atoms with Crippen molar-refractivity contribution in [3.63, 3.8) is 0 Å². The molecular formula is C19H17N3O4. The third kappa shape index (κ3) is 3.72. The van der Waals surface area contributed by atoms with Crippen LogP contribution in [0.3, 0.4) is 0 Å². The van der Waals surface area contributed by atoms with Gasteiger partial charge >= 0.3 is 5.97 Å². The quantitative estimate of drug-likeness (QED) is 0.712. The van der Waals surface area contributed by atoms with Gasteiger partial charge in [-0.15, -0.1) is 0 Å². The molecule has 0 radical (unpaired) electrons. The summed E-state index contributed by atoms with van der Waals surface area (Å²) in [4.78, 5) is 27.4. The number of nitrogens with one attached hydrogen (secondary N) is 1. The summed E-state index contributed by atoms with van der Waals surface area (Å²) in [5.74, 6) is -1.02. The summed E-state index contributed by atoms with van der Waals surface area (Å²) < 4.78 is 6.93. The van der Waals surface area contributed by atoms with Gasteiger partial charge in [-0.05, 0) is 42.0 Å². The Bertz CT molecular complexity index is 918. The second kappa shape index (κ2) is 7.52. The number of carbonyl (C=O) groups is 2. The van der Waals surface area contributed by atoms with Gasteiger partial charge in [0.15, 0.2) is 0 Å². The highest BCUT2D eigenvalue weighted by Crippen LogP contribution is 2.20. The smallest absolute Gasteiger partial charge is 0.339 e. The zero-order valence-electron chi connectivity index (χ0n) is 14.0. The average Bonchev–Trinajstić information content (AvgIpc) is 3.20. The van der Waals surface area contributed by atoms with Crippen LogP contribution in [0.2, 0.25) is 0 Å². The number of rotatable bonds is 6. The number of nitrogens with zero attached hydrogens (tertiary/aromatic N) is 2. The van der Waals surface area contributed by atoms with Crippen molar-refractivity contribution >= 4 is 11.9 Å². The minimum absolute atomic E-state index is 0.0812. The predicted octanol–water partition coefficient (Wildman–Crippen LogP) is 2.51. The Morgan fingerprint density at radius 3 is 2.58 bits per heavy atom. The van der Waals surface area contributed by atoms with Crippen LogP contribution in [0.4, 0.5) is 0 Å². The van der Waals surface area contributed by atoms with E-state index in [2.05, 4.69) is 10.3 Å². The molecule has 0 bridgehead atoms. The van der Waals surface area contributed by atoms with Crippen LogP contribution in [-0.2, 0) is 6.54 Å². The number of hydrogen-bond acceptors (Lipinski definition) is 4. The number of aromatic nitrogens is 2. The van der Waals surface area contributed by atoms with Crippen molar-refractivity contribution in [2.75, 3.05) is 7.11 Å². The third-order valence-electron chi connectivity index (χ3n) is 3.88. The lowest BCUT2D eigenvalue weighted by Gasteiger charge is -2.10. The van der Waals surface area contributed by atoms with Crippen molar-refractivity contribution in [1.82, 2.24) is 14.9 Å². The molecule has 1 aromatic heterocycles. The van der Waals surface area contributed by atoms with E-state index in [4.69, 9.17) is 9.84 Å². The maximum Gasteiger partial charge on any atom is 0.339 e. The summed E-state index contributed by atoms with van der Waals surface area (Å²) in [6, 6.07) is 11.9. The largest absolute Gasteiger partial charge is 0.496 e. The van der Waals surface area contributed by atoms with E-state index >= 15 is 0 Å². The van der Waals surface area contributed by atoms with Gasteiger partial charge in [-0.2, -0.15) is 0 Å². The van der Waals surface area contributed by atoms with E-state index in [1.54, 1.807) is 36.8 Å². The SMILES string of the molecule is COc1cc(CNC(=O)c2ccc(-n3ccnc3)cc2)ccc1C(=O)O. The van der Waals surface area contributed by atoms with Crippen molar-refractivity contribution in [1.29, 1.82) is 0 Å². The number of methoxy groups -OCH3 is 1. The monoisotopic (exact) mass is 351 g/mol. The lowest BCUT2D eigenvalue weighted by atomic mass is 10.1. The number of carboxylic acids is 1. The summed E-state index contributed by atoms with van der Waals surface area (Å²) in [5, 5.41) is 11.9. The van der Waals surface area contributed by atoms with Crippen LogP contribution >= 0.6 is 0 Å². The van der Waals surface area contributed by atoms with Crippen LogP contribution < -0.4 is 10.1 Å². The molecule has 0 saturated carbocycles. The van der Waals surface area contributed by atoms with E-state index in [0.717, 1.165) is 11.3 Å². The molecule has 2 aromatic carbocycles. The van der Waals surface area contributed by atoms with Gasteiger partial charge < -0.3 is 19.7 Å². The van der Waals surface area contributed by atoms with Crippen LogP contribution in [0.25, 0.3) is 5.69 Å². The Kier molecular flexibility index (Phi) is 4.98. The van der Waals surface area contributed by atoms with E-state index in [-0.39, 0.29) is 23.8 Å². The van der Waals surface area contributed by atoms with Crippen molar-refractivity contribution in [3.8, 4) is 11.4 Å². The maximum absolute atomic E-state index is 12.3. The molecule has 26 heavy (non-hydrogen) atoms. The summed E-state index contributed by atoms with van der Waals surface area (Å²) >= 11 is 0. The Balaban J connectivity index is 1.66. The third-order valence-corrected chi connectivity index (χ3v) is 3.88. The molecule has 1 amide bonds. The maximum atomic E-state index is 12.3. The molecule has 0 unspecified atom stereocenters. The molecular weight excluding hydrogens is 334 g/mol. The van der Waals surface area contributed by atoms with E-state index in [1.807, 2.05) is 22.9 Å². The molecule has 0 saturated heterocycles. The molecule has 1 heterocycles. The van der Waals surface area contributed by atoms with Crippen molar-refractivity contribution < 1.29 is 19.4 Å². The van der Waals surface area contributed by atoms with Gasteiger partial charge in [0.1, 0.15) is 11.3 Å². The molecule has 0 spiro atoms. The van der Waals surface area contributed by atoms with Gasteiger partial charge in [0.2, 0.25) is 0 Å². The zero-order chi connectivity index (χ0) is 18.5. The molecule has 0 aliphatic heterocycles. The first-order chi connectivity index (χ1) is 12.6. The molecule has 0 aliphatic rings. The first-order valence-corrected chi connectivity index (χ1v) is 7.85. The van der Waals surface area contributed by atoms with Crippen molar-refractivity contribution in [2.24, 2.45) is 0 Å². The number of amides is 1. The van der Waals surface area contributed by atoms with E-state index in [1.165, 1.54) is 13.2 Å². The Morgan fingerprint density at radius 2 is 1.96 bits per heavy atom. The number of carbonyl (C=O) groups excluding carboxylic acids is 1. The van der Waals surface area contributed by atoms with Gasteiger partial charge in [0.05, 0.1) is 13.4 Å². The van der Waals surface area contributed by atoms with E-state index in [0.29, 0.717) is 5.56 Å². The highest BCUT2D eigenvalue weighted by atomic mass is 16.5. The highest BCUT2D eigenvalue weighted by molar-refractivity contribution is 5.94. The summed E-state index contributed by atoms with van der Waals surface area (Å²) in [7, 11) is 1.41. The topological polar surface area (TPSA) is 93.5 Å². The normalized spacial score (nSPS) is 10.3. The van der Waals surface area contributed by atoms with E-state index < -0.39 is 5.97 Å². The number of carboxylic acid groups (broad SMARTS) is 1. The first kappa shape index (κ1) is 17.2. The highest BCUT2D eigenvalue weighted by Gasteiger charge is 2.12. The standard InChI is InChI=1S/C19H17N3O4/c1-26-17-10-13(2-7-16(17)19(24)25)11-21-18(23)14-3-5-15(6-4-14)22-9-8-20-12-22/h2-10,12H,11H2,1H3,(H,21,23)(H,24,25). The molecule has 3 aromatic rings. The minimum atomic E-state index is -1.06. The predicted molar refractivity (Wildman–Crippen MR) is 94.7 cm³/mol. The summed E-state index contributed by atoms with van der Waals surface area (Å²) in [6.45, 7) is 0.262. The average molecular weight is 351 g/mol. The fourth-order valence-corrected chi connectivity index (χ4v) is 2.50. The fourth-order valence-electron chi connectivity index (χ4n) is 2.50. The van der Waals surface area contributed by atoms with Crippen LogP contribution in [0, 0.1) is 0 Å². The molecule has 0 aliphatic carbocycles. The summed E-state index contributed by atoms with van der Waals surface area (Å²) in [5.41, 5.74) is 2.27. The number of aromatic carboxylic acids is 1. The minimum Gasteiger partial charge on any atom is -0.496 e. The molecule has 3 rings (SSSR count). The second-order valence-electron chi connectivity index (χ2n) is 5.54. The van der Waals surface area contributed by atoms with Crippen molar-refractivity contribution in [3.05, 3.63) is 77.9 Å². The molecule has 7 nitrogen and oxygen atoms in total. The van der Waals surface area contributed by atoms with Gasteiger partial charge in [-0.25, -0.2) is 9.78 Å². The van der Waals surface area contributed by atoms with Crippen LogP contribution in [0.1, 0.15) is 26.3 Å². The van der Waals surface area contributed by atoms with Gasteiger partial charge in [0, 0.05) is 30.2 Å². The molecule has 7 heteroatoms. The number of benzene rings is 2. The Morgan fingerprint density at radius 1 is 1.19 bits per heavy atom. The fraction of sp³-hybridized carbons (Fsp3) is 0.105. The van der Waals surface area contributed by atoms with Gasteiger partial charge in [-0.3, -0.25) is 4.79 Å². The Labute approximate surface area is 149 Å². The first-order valence-electron chi connectivity index (χ1n) is 7.85. The number of ether oxygens (including phenoxy) is 1. The number of hydrogen-bond donors (Lipinski definition) is 2. The van der Waals surface area contributed by atoms with E-state index in [9.17, 15) is 9.59 Å². The molecule has 2 N–H and O–H groups in total. The van der Waals surface area contributed by atoms with Crippen molar-refractivity contribution in [2.45, 2.75) is 6.54 Å². The molecule has 0 atom stereocenters. The van der Waals surface area contributed by atoms with Gasteiger partial charge in [0.25, 0.3) is 5.91 Å². The zero-order valence-corrected chi connectivity index (χ0v) is 14.0. The summed E-state index contributed by atoms with van der Waals surface area (Å²) in [6.07, 6.45) is 5.19. The lowest BCUT2D eigenvalue weighted by Crippen LogP contribution is -2.22. The van der Waals surface area contributed by atoms with Crippen LogP contribution in [-0.4, -0.2) is 33.6 Å². The lowest BCUT2D eigenvalue weighted by molar-refractivity contribution is 0.0693. The van der Waals surface area contributed by atoms with Crippen LogP contribution in [0.15, 0.2) is 61.2 Å². The second-order valence-corrected chi connectivity index (χ2v) is 5.54. The van der Waals surface area contributed by atoms with Gasteiger partial charge in [-0.1, -0.05) is 6.07 Å².